The number of carbonyl (C=O) groups excluding carboxylic acids is 2. The number of anilines is 1. The van der Waals surface area contributed by atoms with Crippen LogP contribution in [0.25, 0.3) is 0 Å². The number of carbonyl (C=O) groups is 2. The van der Waals surface area contributed by atoms with Gasteiger partial charge >= 0.3 is 5.97 Å². The molecule has 2 saturated heterocycles. The smallest absolute Gasteiger partial charge is 0.338 e. The maximum atomic E-state index is 12.5. The number of hydrogen-bond donors (Lipinski definition) is 1. The summed E-state index contributed by atoms with van der Waals surface area (Å²) in [6.45, 7) is 5.56. The van der Waals surface area contributed by atoms with Crippen LogP contribution in [0.15, 0.2) is 24.3 Å². The SMILES string of the molecule is CCOC(=O)c1ccc(NC(=S)N2CCC(C(=O)N3CCCC3)CC2)cc1. The highest BCUT2D eigenvalue weighted by Gasteiger charge is 2.30. The Morgan fingerprint density at radius 1 is 1.07 bits per heavy atom. The van der Waals surface area contributed by atoms with Crippen molar-refractivity contribution in [2.45, 2.75) is 32.6 Å². The molecule has 146 valence electrons. The van der Waals surface area contributed by atoms with Gasteiger partial charge in [0.05, 0.1) is 12.2 Å². The molecule has 27 heavy (non-hydrogen) atoms. The summed E-state index contributed by atoms with van der Waals surface area (Å²) in [5.74, 6) is 0.128. The first kappa shape index (κ1) is 19.6. The number of piperidine rings is 1. The zero-order chi connectivity index (χ0) is 19.2. The van der Waals surface area contributed by atoms with Gasteiger partial charge in [-0.05, 0) is 69.1 Å². The molecule has 7 heteroatoms. The van der Waals surface area contributed by atoms with Gasteiger partial charge in [-0.2, -0.15) is 0 Å². The first-order valence-electron chi connectivity index (χ1n) is 9.70. The number of nitrogens with one attached hydrogen (secondary N) is 1. The van der Waals surface area contributed by atoms with E-state index in [2.05, 4.69) is 10.2 Å². The van der Waals surface area contributed by atoms with E-state index < -0.39 is 0 Å². The molecule has 2 aliphatic rings. The van der Waals surface area contributed by atoms with E-state index in [-0.39, 0.29) is 11.9 Å². The fourth-order valence-corrected chi connectivity index (χ4v) is 3.93. The molecule has 1 N–H and O–H groups in total. The Morgan fingerprint density at radius 2 is 1.70 bits per heavy atom. The third kappa shape index (κ3) is 4.97. The van der Waals surface area contributed by atoms with Crippen LogP contribution in [0.4, 0.5) is 5.69 Å². The van der Waals surface area contributed by atoms with Gasteiger partial charge in [-0.25, -0.2) is 4.79 Å². The van der Waals surface area contributed by atoms with E-state index in [1.807, 2.05) is 17.0 Å². The van der Waals surface area contributed by atoms with E-state index in [0.29, 0.717) is 23.2 Å². The van der Waals surface area contributed by atoms with Crippen LogP contribution >= 0.6 is 12.2 Å². The summed E-state index contributed by atoms with van der Waals surface area (Å²) in [6.07, 6.45) is 3.96. The number of hydrogen-bond acceptors (Lipinski definition) is 4. The molecular weight excluding hydrogens is 362 g/mol. The van der Waals surface area contributed by atoms with Crippen molar-refractivity contribution in [3.05, 3.63) is 29.8 Å². The van der Waals surface area contributed by atoms with Crippen LogP contribution in [-0.2, 0) is 9.53 Å². The molecule has 0 bridgehead atoms. The summed E-state index contributed by atoms with van der Waals surface area (Å²) in [5, 5.41) is 3.88. The Kier molecular flexibility index (Phi) is 6.66. The standard InChI is InChI=1S/C20H27N3O3S/c1-2-26-19(25)16-5-7-17(8-6-16)21-20(27)23-13-9-15(10-14-23)18(24)22-11-3-4-12-22/h5-8,15H,2-4,9-14H2,1H3,(H,21,27). The van der Waals surface area contributed by atoms with E-state index in [1.165, 1.54) is 0 Å². The van der Waals surface area contributed by atoms with Crippen molar-refractivity contribution in [3.63, 3.8) is 0 Å². The van der Waals surface area contributed by atoms with Crippen molar-refractivity contribution in [1.82, 2.24) is 9.80 Å². The number of ether oxygens (including phenoxy) is 1. The number of likely N-dealkylation sites (tertiary alicyclic amines) is 2. The monoisotopic (exact) mass is 389 g/mol. The lowest BCUT2D eigenvalue weighted by Crippen LogP contribution is -2.45. The maximum absolute atomic E-state index is 12.5. The number of rotatable bonds is 4. The molecule has 0 radical (unpaired) electrons. The highest BCUT2D eigenvalue weighted by Crippen LogP contribution is 2.23. The molecule has 0 saturated carbocycles. The molecule has 1 aromatic carbocycles. The molecule has 0 aromatic heterocycles. The minimum Gasteiger partial charge on any atom is -0.462 e. The third-order valence-corrected chi connectivity index (χ3v) is 5.56. The van der Waals surface area contributed by atoms with E-state index in [1.54, 1.807) is 19.1 Å². The van der Waals surface area contributed by atoms with Gasteiger partial charge in [0.2, 0.25) is 5.91 Å². The van der Waals surface area contributed by atoms with Crippen LogP contribution < -0.4 is 5.32 Å². The topological polar surface area (TPSA) is 61.9 Å². The lowest BCUT2D eigenvalue weighted by atomic mass is 9.95. The zero-order valence-electron chi connectivity index (χ0n) is 15.8. The van der Waals surface area contributed by atoms with Gasteiger partial charge in [0.25, 0.3) is 0 Å². The Labute approximate surface area is 165 Å². The van der Waals surface area contributed by atoms with Crippen LogP contribution in [0, 0.1) is 5.92 Å². The summed E-state index contributed by atoms with van der Waals surface area (Å²) in [5.41, 5.74) is 1.36. The van der Waals surface area contributed by atoms with Gasteiger partial charge in [-0.15, -0.1) is 0 Å². The summed E-state index contributed by atoms with van der Waals surface area (Å²) in [7, 11) is 0. The van der Waals surface area contributed by atoms with Gasteiger partial charge in [0.15, 0.2) is 5.11 Å². The molecule has 0 spiro atoms. The van der Waals surface area contributed by atoms with Crippen molar-refractivity contribution in [2.24, 2.45) is 5.92 Å². The Balaban J connectivity index is 1.48. The normalized spacial score (nSPS) is 17.7. The summed E-state index contributed by atoms with van der Waals surface area (Å²) >= 11 is 5.52. The Bertz CT molecular complexity index is 678. The lowest BCUT2D eigenvalue weighted by Gasteiger charge is -2.34. The van der Waals surface area contributed by atoms with Crippen molar-refractivity contribution in [2.75, 3.05) is 38.1 Å². The van der Waals surface area contributed by atoms with E-state index >= 15 is 0 Å². The molecular formula is C20H27N3O3S. The average Bonchev–Trinajstić information content (AvgIpc) is 3.23. The zero-order valence-corrected chi connectivity index (χ0v) is 16.6. The molecule has 2 fully saturated rings. The lowest BCUT2D eigenvalue weighted by molar-refractivity contribution is -0.135. The summed E-state index contributed by atoms with van der Waals surface area (Å²) in [4.78, 5) is 28.4. The van der Waals surface area contributed by atoms with Crippen LogP contribution in [0.2, 0.25) is 0 Å². The molecule has 0 aliphatic carbocycles. The predicted octanol–water partition coefficient (Wildman–Crippen LogP) is 2.89. The van der Waals surface area contributed by atoms with Gasteiger partial charge < -0.3 is 19.9 Å². The molecule has 6 nitrogen and oxygen atoms in total. The van der Waals surface area contributed by atoms with E-state index in [4.69, 9.17) is 17.0 Å². The maximum Gasteiger partial charge on any atom is 0.338 e. The highest BCUT2D eigenvalue weighted by molar-refractivity contribution is 7.80. The van der Waals surface area contributed by atoms with Crippen LogP contribution in [0.1, 0.15) is 43.0 Å². The van der Waals surface area contributed by atoms with Gasteiger partial charge in [0.1, 0.15) is 0 Å². The molecule has 0 unspecified atom stereocenters. The van der Waals surface area contributed by atoms with E-state index in [9.17, 15) is 9.59 Å². The van der Waals surface area contributed by atoms with Crippen molar-refractivity contribution < 1.29 is 14.3 Å². The highest BCUT2D eigenvalue weighted by atomic mass is 32.1. The summed E-state index contributed by atoms with van der Waals surface area (Å²) in [6, 6.07) is 7.10. The fourth-order valence-electron chi connectivity index (χ4n) is 3.63. The quantitative estimate of drug-likeness (QED) is 0.631. The molecule has 2 aliphatic heterocycles. The number of thiocarbonyl (C=S) groups is 1. The van der Waals surface area contributed by atoms with Crippen molar-refractivity contribution in [1.29, 1.82) is 0 Å². The van der Waals surface area contributed by atoms with Gasteiger partial charge in [-0.1, -0.05) is 0 Å². The molecule has 3 rings (SSSR count). The second-order valence-electron chi connectivity index (χ2n) is 7.02. The molecule has 1 aromatic rings. The average molecular weight is 390 g/mol. The number of esters is 1. The van der Waals surface area contributed by atoms with Crippen molar-refractivity contribution in [3.8, 4) is 0 Å². The predicted molar refractivity (Wildman–Crippen MR) is 109 cm³/mol. The fraction of sp³-hybridized carbons (Fsp3) is 0.550. The van der Waals surface area contributed by atoms with Crippen LogP contribution in [0.3, 0.4) is 0 Å². The van der Waals surface area contributed by atoms with Crippen LogP contribution in [0.5, 0.6) is 0 Å². The minimum absolute atomic E-state index is 0.131. The third-order valence-electron chi connectivity index (χ3n) is 5.20. The van der Waals surface area contributed by atoms with Crippen LogP contribution in [-0.4, -0.2) is 59.6 Å². The van der Waals surface area contributed by atoms with Gasteiger partial charge in [0, 0.05) is 37.8 Å². The van der Waals surface area contributed by atoms with E-state index in [0.717, 1.165) is 57.5 Å². The number of nitrogens with zero attached hydrogens (tertiary/aromatic N) is 2. The largest absolute Gasteiger partial charge is 0.462 e. The first-order chi connectivity index (χ1) is 13.1. The number of amides is 1. The second kappa shape index (κ2) is 9.17. The Morgan fingerprint density at radius 3 is 2.30 bits per heavy atom. The minimum atomic E-state index is -0.323. The Hall–Kier alpha value is -2.15. The van der Waals surface area contributed by atoms with Gasteiger partial charge in [-0.3, -0.25) is 4.79 Å². The first-order valence-corrected chi connectivity index (χ1v) is 10.1. The van der Waals surface area contributed by atoms with Crippen molar-refractivity contribution >= 4 is 34.9 Å². The summed E-state index contributed by atoms with van der Waals surface area (Å²) < 4.78 is 4.99. The molecule has 1 amide bonds. The molecule has 0 atom stereocenters. The second-order valence-corrected chi connectivity index (χ2v) is 7.41. The number of benzene rings is 1. The molecule has 2 heterocycles.